The van der Waals surface area contributed by atoms with E-state index in [0.29, 0.717) is 11.4 Å². The summed E-state index contributed by atoms with van der Waals surface area (Å²) in [6.45, 7) is 1.92. The van der Waals surface area contributed by atoms with Crippen LogP contribution in [0.25, 0.3) is 0 Å². The highest BCUT2D eigenvalue weighted by molar-refractivity contribution is 7.92. The zero-order valence-electron chi connectivity index (χ0n) is 11.4. The molecule has 1 saturated carbocycles. The van der Waals surface area contributed by atoms with Crippen LogP contribution in [0.5, 0.6) is 0 Å². The Hall–Kier alpha value is -1.23. The largest absolute Gasteiger partial charge is 0.397 e. The number of benzene rings is 1. The van der Waals surface area contributed by atoms with Gasteiger partial charge < -0.3 is 5.73 Å². The molecule has 2 rings (SSSR count). The minimum absolute atomic E-state index is 0.209. The van der Waals surface area contributed by atoms with Crippen LogP contribution in [0.2, 0.25) is 0 Å². The molecule has 0 spiro atoms. The predicted octanol–water partition coefficient (Wildman–Crippen LogP) is 2.90. The molecule has 0 radical (unpaired) electrons. The van der Waals surface area contributed by atoms with E-state index in [0.717, 1.165) is 31.2 Å². The fraction of sp³-hybridized carbons (Fsp3) is 0.571. The van der Waals surface area contributed by atoms with E-state index in [-0.39, 0.29) is 11.7 Å². The number of hydrogen-bond donors (Lipinski definition) is 2. The van der Waals surface area contributed by atoms with Gasteiger partial charge in [0.05, 0.1) is 17.1 Å². The first-order chi connectivity index (χ1) is 8.96. The Bertz CT molecular complexity index is 534. The molecule has 3 N–H and O–H groups in total. The fourth-order valence-electron chi connectivity index (χ4n) is 2.63. The summed E-state index contributed by atoms with van der Waals surface area (Å²) in [6.07, 6.45) is 5.56. The molecule has 0 amide bonds. The van der Waals surface area contributed by atoms with Gasteiger partial charge in [-0.1, -0.05) is 25.3 Å². The number of hydrogen-bond acceptors (Lipinski definition) is 3. The minimum Gasteiger partial charge on any atom is -0.397 e. The third-order valence-electron chi connectivity index (χ3n) is 3.65. The SMILES string of the molecule is Cc1ccc(N)c(NS(=O)(=O)CC2CCCCC2)c1. The summed E-state index contributed by atoms with van der Waals surface area (Å²) in [4.78, 5) is 0. The maximum absolute atomic E-state index is 12.2. The van der Waals surface area contributed by atoms with Crippen LogP contribution in [0.4, 0.5) is 11.4 Å². The molecule has 5 heteroatoms. The summed E-state index contributed by atoms with van der Waals surface area (Å²) in [7, 11) is -3.30. The van der Waals surface area contributed by atoms with Gasteiger partial charge in [-0.3, -0.25) is 4.72 Å². The highest BCUT2D eigenvalue weighted by atomic mass is 32.2. The molecule has 0 unspecified atom stereocenters. The van der Waals surface area contributed by atoms with Gasteiger partial charge in [0, 0.05) is 0 Å². The molecule has 1 aromatic rings. The molecule has 0 aromatic heterocycles. The lowest BCUT2D eigenvalue weighted by atomic mass is 9.91. The van der Waals surface area contributed by atoms with E-state index in [1.165, 1.54) is 6.42 Å². The fourth-order valence-corrected chi connectivity index (χ4v) is 4.18. The normalized spacial score (nSPS) is 17.3. The monoisotopic (exact) mass is 282 g/mol. The first-order valence-corrected chi connectivity index (χ1v) is 8.48. The predicted molar refractivity (Wildman–Crippen MR) is 79.6 cm³/mol. The standard InChI is InChI=1S/C14H22N2O2S/c1-11-7-8-13(15)14(9-11)16-19(17,18)10-12-5-3-2-4-6-12/h7-9,12,16H,2-6,10,15H2,1H3. The van der Waals surface area contributed by atoms with E-state index in [1.807, 2.05) is 13.0 Å². The van der Waals surface area contributed by atoms with E-state index in [4.69, 9.17) is 5.73 Å². The second-order valence-corrected chi connectivity index (χ2v) is 7.25. The molecular weight excluding hydrogens is 260 g/mol. The molecule has 106 valence electrons. The summed E-state index contributed by atoms with van der Waals surface area (Å²) in [5, 5.41) is 0. The number of nitrogens with one attached hydrogen (secondary N) is 1. The second-order valence-electron chi connectivity index (χ2n) is 5.48. The van der Waals surface area contributed by atoms with Crippen LogP contribution < -0.4 is 10.5 Å². The Morgan fingerprint density at radius 2 is 1.95 bits per heavy atom. The molecule has 4 nitrogen and oxygen atoms in total. The second kappa shape index (κ2) is 5.82. The average Bonchev–Trinajstić information content (AvgIpc) is 2.34. The van der Waals surface area contributed by atoms with Crippen LogP contribution in [-0.2, 0) is 10.0 Å². The molecule has 0 heterocycles. The highest BCUT2D eigenvalue weighted by Gasteiger charge is 2.21. The number of sulfonamides is 1. The molecule has 1 fully saturated rings. The Kier molecular flexibility index (Phi) is 4.34. The lowest BCUT2D eigenvalue weighted by Gasteiger charge is -2.21. The van der Waals surface area contributed by atoms with E-state index in [1.54, 1.807) is 12.1 Å². The summed E-state index contributed by atoms with van der Waals surface area (Å²) >= 11 is 0. The highest BCUT2D eigenvalue weighted by Crippen LogP contribution is 2.26. The zero-order chi connectivity index (χ0) is 13.9. The number of aryl methyl sites for hydroxylation is 1. The van der Waals surface area contributed by atoms with E-state index in [2.05, 4.69) is 4.72 Å². The molecule has 1 aliphatic carbocycles. The van der Waals surface area contributed by atoms with Gasteiger partial charge in [0.15, 0.2) is 0 Å². The van der Waals surface area contributed by atoms with Gasteiger partial charge in [-0.05, 0) is 43.4 Å². The van der Waals surface area contributed by atoms with Crippen molar-refractivity contribution in [3.63, 3.8) is 0 Å². The van der Waals surface area contributed by atoms with Crippen molar-refractivity contribution in [1.29, 1.82) is 0 Å². The number of nitrogen functional groups attached to an aromatic ring is 1. The van der Waals surface area contributed by atoms with Crippen molar-refractivity contribution in [2.45, 2.75) is 39.0 Å². The summed E-state index contributed by atoms with van der Waals surface area (Å²) in [6, 6.07) is 5.37. The Morgan fingerprint density at radius 1 is 1.26 bits per heavy atom. The Balaban J connectivity index is 2.05. The van der Waals surface area contributed by atoms with Gasteiger partial charge in [-0.15, -0.1) is 0 Å². The van der Waals surface area contributed by atoms with Crippen molar-refractivity contribution in [3.8, 4) is 0 Å². The van der Waals surface area contributed by atoms with Gasteiger partial charge in [0.25, 0.3) is 0 Å². The van der Waals surface area contributed by atoms with Crippen molar-refractivity contribution >= 4 is 21.4 Å². The third-order valence-corrected chi connectivity index (χ3v) is 5.10. The third kappa shape index (κ3) is 4.13. The van der Waals surface area contributed by atoms with Gasteiger partial charge in [-0.25, -0.2) is 8.42 Å². The van der Waals surface area contributed by atoms with Gasteiger partial charge >= 0.3 is 0 Å². The first-order valence-electron chi connectivity index (χ1n) is 6.83. The number of rotatable bonds is 4. The van der Waals surface area contributed by atoms with Gasteiger partial charge in [-0.2, -0.15) is 0 Å². The molecule has 0 atom stereocenters. The minimum atomic E-state index is -3.30. The maximum Gasteiger partial charge on any atom is 0.233 e. The van der Waals surface area contributed by atoms with E-state index < -0.39 is 10.0 Å². The Morgan fingerprint density at radius 3 is 2.63 bits per heavy atom. The topological polar surface area (TPSA) is 72.2 Å². The summed E-state index contributed by atoms with van der Waals surface area (Å²) < 4.78 is 27.0. The number of nitrogens with two attached hydrogens (primary N) is 1. The lowest BCUT2D eigenvalue weighted by Crippen LogP contribution is -2.24. The molecule has 1 aromatic carbocycles. The van der Waals surface area contributed by atoms with Crippen LogP contribution in [-0.4, -0.2) is 14.2 Å². The van der Waals surface area contributed by atoms with Crippen LogP contribution in [0.15, 0.2) is 18.2 Å². The van der Waals surface area contributed by atoms with Crippen molar-refractivity contribution in [2.75, 3.05) is 16.2 Å². The van der Waals surface area contributed by atoms with Gasteiger partial charge in [0.1, 0.15) is 0 Å². The van der Waals surface area contributed by atoms with Crippen LogP contribution in [0.1, 0.15) is 37.7 Å². The van der Waals surface area contributed by atoms with Crippen LogP contribution >= 0.6 is 0 Å². The molecule has 0 bridgehead atoms. The molecule has 1 aliphatic rings. The van der Waals surface area contributed by atoms with E-state index in [9.17, 15) is 8.42 Å². The lowest BCUT2D eigenvalue weighted by molar-refractivity contribution is 0.385. The Labute approximate surface area is 115 Å². The number of anilines is 2. The maximum atomic E-state index is 12.2. The smallest absolute Gasteiger partial charge is 0.233 e. The van der Waals surface area contributed by atoms with Crippen molar-refractivity contribution in [2.24, 2.45) is 5.92 Å². The summed E-state index contributed by atoms with van der Waals surface area (Å²) in [5.74, 6) is 0.498. The molecule has 0 aliphatic heterocycles. The van der Waals surface area contributed by atoms with Crippen LogP contribution in [0.3, 0.4) is 0 Å². The van der Waals surface area contributed by atoms with Gasteiger partial charge in [0.2, 0.25) is 10.0 Å². The van der Waals surface area contributed by atoms with Crippen molar-refractivity contribution in [1.82, 2.24) is 0 Å². The molecule has 19 heavy (non-hydrogen) atoms. The molecule has 0 saturated heterocycles. The first kappa shape index (κ1) is 14.2. The van der Waals surface area contributed by atoms with E-state index >= 15 is 0 Å². The zero-order valence-corrected chi connectivity index (χ0v) is 12.2. The van der Waals surface area contributed by atoms with Crippen molar-refractivity contribution < 1.29 is 8.42 Å². The quantitative estimate of drug-likeness (QED) is 0.834. The van der Waals surface area contributed by atoms with Crippen molar-refractivity contribution in [3.05, 3.63) is 23.8 Å². The molecular formula is C14H22N2O2S. The van der Waals surface area contributed by atoms with Crippen LogP contribution in [0, 0.1) is 12.8 Å². The summed E-state index contributed by atoms with van der Waals surface area (Å²) in [5.41, 5.74) is 7.76. The average molecular weight is 282 g/mol.